The average Bonchev–Trinajstić information content (AvgIpc) is 3.41. The van der Waals surface area contributed by atoms with Crippen LogP contribution in [-0.4, -0.2) is 64.5 Å². The molecule has 5 aromatic heterocycles. The van der Waals surface area contributed by atoms with E-state index in [4.69, 9.17) is 11.6 Å². The Morgan fingerprint density at radius 3 is 2.42 bits per heavy atom. The number of halogens is 10. The Bertz CT molecular complexity index is 3260. The van der Waals surface area contributed by atoms with Crippen molar-refractivity contribution in [2.45, 2.75) is 49.9 Å². The molecular weight excluding hydrogens is 913 g/mol. The molecule has 3 atom stereocenters. The molecule has 2 aromatic carbocycles. The molecule has 15 nitrogen and oxygen atoms in total. The summed E-state index contributed by atoms with van der Waals surface area (Å²) in [4.78, 5) is 37.8. The van der Waals surface area contributed by atoms with Gasteiger partial charge in [-0.1, -0.05) is 11.6 Å². The molecule has 2 N–H and O–H groups in total. The van der Waals surface area contributed by atoms with Gasteiger partial charge in [-0.25, -0.2) is 40.6 Å². The number of nitrogens with zero attached hydrogens (tertiary/aromatic N) is 9. The first kappa shape index (κ1) is 42.8. The number of aromatic nitrogens is 9. The van der Waals surface area contributed by atoms with Crippen LogP contribution < -0.4 is 15.6 Å². The van der Waals surface area contributed by atoms with Crippen LogP contribution in [0.25, 0.3) is 33.4 Å². The number of rotatable bonds is 11. The maximum absolute atomic E-state index is 15.5. The molecule has 334 valence electrons. The van der Waals surface area contributed by atoms with E-state index in [9.17, 15) is 48.7 Å². The molecule has 7 aromatic rings. The zero-order valence-corrected chi connectivity index (χ0v) is 34.0. The lowest BCUT2D eigenvalue weighted by Gasteiger charge is -2.24. The van der Waals surface area contributed by atoms with Crippen LogP contribution in [0, 0.1) is 17.6 Å². The molecule has 64 heavy (non-hydrogen) atoms. The minimum Gasteiger partial charge on any atom is -0.344 e. The van der Waals surface area contributed by atoms with Crippen LogP contribution in [0.15, 0.2) is 59.7 Å². The summed E-state index contributed by atoms with van der Waals surface area (Å²) in [5.74, 6) is -10.1. The molecule has 0 bridgehead atoms. The van der Waals surface area contributed by atoms with E-state index < -0.39 is 111 Å². The van der Waals surface area contributed by atoms with Crippen molar-refractivity contribution < 1.29 is 52.7 Å². The van der Waals surface area contributed by atoms with Crippen LogP contribution >= 0.6 is 11.6 Å². The molecule has 0 unspecified atom stereocenters. The normalized spacial score (nSPS) is 17.3. The number of carbonyl (C=O) groups is 1. The number of carbonyl (C=O) groups excluding carboxylic acids is 1. The summed E-state index contributed by atoms with van der Waals surface area (Å²) < 4.78 is 159. The molecule has 1 amide bonds. The van der Waals surface area contributed by atoms with Crippen molar-refractivity contribution in [3.05, 3.63) is 116 Å². The van der Waals surface area contributed by atoms with Crippen molar-refractivity contribution in [2.24, 2.45) is 13.0 Å². The largest absolute Gasteiger partial charge is 0.419 e. The Balaban J connectivity index is 1.26. The Kier molecular flexibility index (Phi) is 9.88. The van der Waals surface area contributed by atoms with Crippen LogP contribution in [0.4, 0.5) is 45.3 Å². The minimum absolute atomic E-state index is 0.0155. The highest BCUT2D eigenvalue weighted by atomic mass is 35.5. The van der Waals surface area contributed by atoms with Crippen molar-refractivity contribution in [1.29, 1.82) is 0 Å². The van der Waals surface area contributed by atoms with Gasteiger partial charge in [-0.3, -0.25) is 28.2 Å². The smallest absolute Gasteiger partial charge is 0.344 e. The first-order chi connectivity index (χ1) is 30.0. The summed E-state index contributed by atoms with van der Waals surface area (Å²) in [5.41, 5.74) is -5.03. The number of hydrogen-bond acceptors (Lipinski definition) is 9. The zero-order chi connectivity index (χ0) is 45.9. The van der Waals surface area contributed by atoms with Gasteiger partial charge in [-0.05, 0) is 54.3 Å². The monoisotopic (exact) mass is 939 g/mol. The molecule has 9 rings (SSSR count). The van der Waals surface area contributed by atoms with Gasteiger partial charge in [0.15, 0.2) is 17.3 Å². The summed E-state index contributed by atoms with van der Waals surface area (Å²) in [6.45, 7) is -1.09. The number of fused-ring (bicyclic) bond motifs is 5. The Hall–Kier alpha value is -6.50. The Morgan fingerprint density at radius 1 is 1.05 bits per heavy atom. The summed E-state index contributed by atoms with van der Waals surface area (Å²) in [5, 5.41) is 13.7. The number of hydrogen-bond donors (Lipinski definition) is 2. The number of nitrogens with one attached hydrogen (secondary N) is 2. The molecular formula is C38H27ClF9N11O4S. The third kappa shape index (κ3) is 7.38. The van der Waals surface area contributed by atoms with E-state index in [-0.39, 0.29) is 56.2 Å². The van der Waals surface area contributed by atoms with Crippen LogP contribution in [0.2, 0.25) is 5.02 Å². The van der Waals surface area contributed by atoms with Crippen LogP contribution in [0.5, 0.6) is 0 Å². The number of sulfonamides is 1. The standard InChI is InChI=1S/C38H27ClF9N11O4S/c1-56-30-24(5-4-22(39)28(30)34(54-56)55-64(2,62)63)59-35(52-33-19(36(59)61)3-6-25(51-33)57-13-16(12-49-57)38(46,47)48)23(9-15-7-17(40)10-18(41)8-15)50-26(60)14-58-31-27(29(53-58)32(42)43)20-11-21(20)37(31,44)45/h3-8,10,12-13,20-21,23,32H,9,11,14H2,1-2H3,(H,50,60)(H,54,55)/t20-,21+,23-/m0/s1. The lowest BCUT2D eigenvalue weighted by molar-refractivity contribution is -0.137. The molecule has 0 saturated heterocycles. The molecule has 0 radical (unpaired) electrons. The Morgan fingerprint density at radius 2 is 1.77 bits per heavy atom. The first-order valence-electron chi connectivity index (χ1n) is 18.7. The molecule has 1 fully saturated rings. The van der Waals surface area contributed by atoms with Gasteiger partial charge in [0.25, 0.3) is 17.9 Å². The second-order valence-corrected chi connectivity index (χ2v) is 17.4. The molecule has 2 aliphatic carbocycles. The molecule has 0 spiro atoms. The fourth-order valence-electron chi connectivity index (χ4n) is 8.17. The van der Waals surface area contributed by atoms with Crippen molar-refractivity contribution in [3.8, 4) is 11.5 Å². The van der Waals surface area contributed by atoms with Crippen LogP contribution in [0.1, 0.15) is 58.7 Å². The predicted molar refractivity (Wildman–Crippen MR) is 208 cm³/mol. The van der Waals surface area contributed by atoms with Crippen molar-refractivity contribution >= 4 is 55.3 Å². The van der Waals surface area contributed by atoms with Gasteiger partial charge < -0.3 is 5.32 Å². The topological polar surface area (TPSA) is 177 Å². The van der Waals surface area contributed by atoms with Crippen LogP contribution in [0.3, 0.4) is 0 Å². The molecule has 0 aliphatic heterocycles. The number of anilines is 1. The highest BCUT2D eigenvalue weighted by Gasteiger charge is 2.67. The molecule has 2 aliphatic rings. The molecule has 1 saturated carbocycles. The predicted octanol–water partition coefficient (Wildman–Crippen LogP) is 6.62. The maximum atomic E-state index is 15.5. The van der Waals surface area contributed by atoms with Gasteiger partial charge in [0.2, 0.25) is 15.9 Å². The van der Waals surface area contributed by atoms with Crippen molar-refractivity contribution in [1.82, 2.24) is 49.2 Å². The number of amides is 1. The van der Waals surface area contributed by atoms with Gasteiger partial charge in [-0.15, -0.1) is 0 Å². The summed E-state index contributed by atoms with van der Waals surface area (Å²) in [6, 6.07) is 5.48. The quantitative estimate of drug-likeness (QED) is 0.135. The van der Waals surface area contributed by atoms with E-state index in [0.29, 0.717) is 23.1 Å². The van der Waals surface area contributed by atoms with Gasteiger partial charge >= 0.3 is 6.18 Å². The van der Waals surface area contributed by atoms with E-state index in [0.717, 1.165) is 44.5 Å². The van der Waals surface area contributed by atoms with E-state index in [1.165, 1.54) is 19.2 Å². The number of benzene rings is 2. The van der Waals surface area contributed by atoms with E-state index >= 15 is 8.78 Å². The third-order valence-electron chi connectivity index (χ3n) is 10.8. The van der Waals surface area contributed by atoms with E-state index in [1.807, 2.05) is 0 Å². The number of pyridine rings is 1. The van der Waals surface area contributed by atoms with Crippen LogP contribution in [-0.2, 0) is 46.9 Å². The summed E-state index contributed by atoms with van der Waals surface area (Å²) >= 11 is 6.57. The minimum atomic E-state index is -4.80. The zero-order valence-electron chi connectivity index (χ0n) is 32.5. The maximum Gasteiger partial charge on any atom is 0.419 e. The second kappa shape index (κ2) is 14.8. The third-order valence-corrected chi connectivity index (χ3v) is 11.7. The number of alkyl halides is 7. The Labute approximate surface area is 357 Å². The summed E-state index contributed by atoms with van der Waals surface area (Å²) in [6.07, 6.45) is -6.76. The van der Waals surface area contributed by atoms with Crippen molar-refractivity contribution in [2.75, 3.05) is 11.0 Å². The van der Waals surface area contributed by atoms with Gasteiger partial charge in [0, 0.05) is 37.2 Å². The first-order valence-corrected chi connectivity index (χ1v) is 21.0. The average molecular weight is 940 g/mol. The summed E-state index contributed by atoms with van der Waals surface area (Å²) in [7, 11) is -2.62. The van der Waals surface area contributed by atoms with E-state index in [2.05, 4.69) is 35.3 Å². The van der Waals surface area contributed by atoms with Crippen molar-refractivity contribution in [3.63, 3.8) is 0 Å². The highest BCUT2D eigenvalue weighted by Crippen LogP contribution is 2.68. The fraction of sp³-hybridized carbons (Fsp3) is 0.289. The fourth-order valence-corrected chi connectivity index (χ4v) is 8.91. The van der Waals surface area contributed by atoms with Gasteiger partial charge in [-0.2, -0.15) is 37.2 Å². The van der Waals surface area contributed by atoms with Gasteiger partial charge in [0.05, 0.1) is 51.1 Å². The number of aryl methyl sites for hydroxylation is 1. The molecule has 26 heteroatoms. The SMILES string of the molecule is Cn1nc(NS(C)(=O)=O)c2c(Cl)ccc(-n3c([C@H](Cc4cc(F)cc(F)c4)NC(=O)Cn4nc(C(F)F)c5c4C(F)(F)[C@@H]4C[C@H]54)nc4nc(-n5cc(C(F)(F)F)cn5)ccc4c3=O)c21. The van der Waals surface area contributed by atoms with Gasteiger partial charge in [0.1, 0.15) is 35.4 Å². The second-order valence-electron chi connectivity index (χ2n) is 15.2. The van der Waals surface area contributed by atoms with E-state index in [1.54, 1.807) is 0 Å². The highest BCUT2D eigenvalue weighted by molar-refractivity contribution is 7.92. The molecule has 5 heterocycles. The lowest BCUT2D eigenvalue weighted by atomic mass is 10.0. The lowest BCUT2D eigenvalue weighted by Crippen LogP contribution is -2.38.